The molecule has 5 aliphatic rings. The number of hydrazone groups is 1. The first-order valence-electron chi connectivity index (χ1n) is 10.4. The summed E-state index contributed by atoms with van der Waals surface area (Å²) in [6.45, 7) is 1.78. The van der Waals surface area contributed by atoms with E-state index in [1.54, 1.807) is 31.2 Å². The summed E-state index contributed by atoms with van der Waals surface area (Å²) >= 11 is 0. The van der Waals surface area contributed by atoms with Crippen LogP contribution < -0.4 is 0 Å². The van der Waals surface area contributed by atoms with Crippen LogP contribution in [-0.4, -0.2) is 28.0 Å². The second-order valence-corrected chi connectivity index (χ2v) is 8.87. The van der Waals surface area contributed by atoms with Crippen molar-refractivity contribution >= 4 is 23.7 Å². The highest BCUT2D eigenvalue weighted by atomic mass is 16.6. The third-order valence-electron chi connectivity index (χ3n) is 7.18. The SMILES string of the molecule is Cc1ccc(-c2ccc(/C=N\N3C(=O)[C@@H]4[C@H]5C=C[C@@H]([C@@H]6C[C@@H]56)[C@@H]4C3=O)o2)c([N+](=O)[O-])c1. The van der Waals surface area contributed by atoms with E-state index in [0.717, 1.165) is 17.0 Å². The number of carbonyl (C=O) groups is 2. The van der Waals surface area contributed by atoms with Gasteiger partial charge >= 0.3 is 0 Å². The maximum atomic E-state index is 13.0. The van der Waals surface area contributed by atoms with Gasteiger partial charge in [-0.05, 0) is 60.8 Å². The fraction of sp³-hybridized carbons (Fsp3) is 0.348. The molecule has 1 aliphatic heterocycles. The lowest BCUT2D eigenvalue weighted by Crippen LogP contribution is -2.40. The van der Waals surface area contributed by atoms with Crippen molar-refractivity contribution < 1.29 is 18.9 Å². The number of benzene rings is 1. The molecule has 7 rings (SSSR count). The summed E-state index contributed by atoms with van der Waals surface area (Å²) in [4.78, 5) is 36.8. The molecule has 2 amide bonds. The molecule has 2 aromatic rings. The van der Waals surface area contributed by atoms with Crippen LogP contribution in [-0.2, 0) is 9.59 Å². The molecule has 2 heterocycles. The van der Waals surface area contributed by atoms with Gasteiger partial charge in [-0.3, -0.25) is 19.7 Å². The van der Waals surface area contributed by atoms with Crippen LogP contribution in [0, 0.1) is 52.5 Å². The van der Waals surface area contributed by atoms with E-state index in [1.165, 1.54) is 12.3 Å². The molecule has 0 radical (unpaired) electrons. The average molecular weight is 417 g/mol. The largest absolute Gasteiger partial charge is 0.455 e. The molecule has 1 aromatic heterocycles. The van der Waals surface area contributed by atoms with Crippen molar-refractivity contribution in [3.8, 4) is 11.3 Å². The molecule has 156 valence electrons. The Morgan fingerprint density at radius 1 is 1.10 bits per heavy atom. The number of amides is 2. The fourth-order valence-corrected chi connectivity index (χ4v) is 5.74. The summed E-state index contributed by atoms with van der Waals surface area (Å²) in [5.41, 5.74) is 1.09. The van der Waals surface area contributed by atoms with Gasteiger partial charge in [-0.1, -0.05) is 18.2 Å². The number of hydrogen-bond acceptors (Lipinski definition) is 6. The molecule has 0 unspecified atom stereocenters. The van der Waals surface area contributed by atoms with Crippen molar-refractivity contribution in [2.24, 2.45) is 40.6 Å². The molecule has 0 spiro atoms. The average Bonchev–Trinajstić information content (AvgIpc) is 3.39. The number of rotatable bonds is 4. The van der Waals surface area contributed by atoms with Crippen LogP contribution in [0.2, 0.25) is 0 Å². The Balaban J connectivity index is 1.26. The van der Waals surface area contributed by atoms with Gasteiger partial charge in [-0.2, -0.15) is 10.1 Å². The van der Waals surface area contributed by atoms with Crippen molar-refractivity contribution in [3.63, 3.8) is 0 Å². The van der Waals surface area contributed by atoms with Crippen molar-refractivity contribution in [1.29, 1.82) is 0 Å². The quantitative estimate of drug-likeness (QED) is 0.249. The number of nitro benzene ring substituents is 1. The first kappa shape index (κ1) is 18.2. The molecule has 4 aliphatic carbocycles. The smallest absolute Gasteiger partial charge is 0.280 e. The van der Waals surface area contributed by atoms with E-state index < -0.39 is 4.92 Å². The summed E-state index contributed by atoms with van der Waals surface area (Å²) in [5, 5.41) is 16.5. The van der Waals surface area contributed by atoms with E-state index in [1.807, 2.05) is 0 Å². The topological polar surface area (TPSA) is 106 Å². The van der Waals surface area contributed by atoms with Crippen molar-refractivity contribution in [1.82, 2.24) is 5.01 Å². The number of nitro groups is 1. The summed E-state index contributed by atoms with van der Waals surface area (Å²) < 4.78 is 5.71. The van der Waals surface area contributed by atoms with E-state index in [0.29, 0.717) is 28.9 Å². The number of carbonyl (C=O) groups excluding carboxylic acids is 2. The van der Waals surface area contributed by atoms with E-state index in [4.69, 9.17) is 4.42 Å². The van der Waals surface area contributed by atoms with E-state index in [9.17, 15) is 19.7 Å². The van der Waals surface area contributed by atoms with Crippen LogP contribution >= 0.6 is 0 Å². The third kappa shape index (κ3) is 2.57. The number of imide groups is 1. The van der Waals surface area contributed by atoms with Gasteiger partial charge in [0, 0.05) is 6.07 Å². The Bertz CT molecular complexity index is 1180. The van der Waals surface area contributed by atoms with Crippen LogP contribution in [0.25, 0.3) is 11.3 Å². The van der Waals surface area contributed by atoms with Crippen LogP contribution in [0.4, 0.5) is 5.69 Å². The molecule has 0 N–H and O–H groups in total. The van der Waals surface area contributed by atoms with Gasteiger partial charge in [0.25, 0.3) is 17.5 Å². The third-order valence-corrected chi connectivity index (χ3v) is 7.18. The van der Waals surface area contributed by atoms with Crippen molar-refractivity contribution in [3.05, 3.63) is 63.9 Å². The lowest BCUT2D eigenvalue weighted by Gasteiger charge is -2.37. The van der Waals surface area contributed by atoms with Gasteiger partial charge in [0.15, 0.2) is 0 Å². The Labute approximate surface area is 177 Å². The zero-order valence-electron chi connectivity index (χ0n) is 16.7. The Morgan fingerprint density at radius 2 is 1.77 bits per heavy atom. The predicted octanol–water partition coefficient (Wildman–Crippen LogP) is 3.55. The maximum Gasteiger partial charge on any atom is 0.280 e. The molecule has 6 atom stereocenters. The highest BCUT2D eigenvalue weighted by Gasteiger charge is 2.67. The minimum atomic E-state index is -0.450. The Morgan fingerprint density at radius 3 is 2.42 bits per heavy atom. The molecule has 2 saturated carbocycles. The van der Waals surface area contributed by atoms with Crippen molar-refractivity contribution in [2.75, 3.05) is 0 Å². The number of aryl methyl sites for hydroxylation is 1. The van der Waals surface area contributed by atoms with Gasteiger partial charge in [0.2, 0.25) is 0 Å². The molecule has 1 saturated heterocycles. The highest BCUT2D eigenvalue weighted by Crippen LogP contribution is 2.65. The van der Waals surface area contributed by atoms with Crippen molar-refractivity contribution in [2.45, 2.75) is 13.3 Å². The van der Waals surface area contributed by atoms with Crippen LogP contribution in [0.15, 0.2) is 52.0 Å². The van der Waals surface area contributed by atoms with Gasteiger partial charge < -0.3 is 4.42 Å². The number of hydrogen-bond donors (Lipinski definition) is 0. The Hall–Kier alpha value is -3.55. The molecule has 2 bridgehead atoms. The maximum absolute atomic E-state index is 13.0. The molecule has 31 heavy (non-hydrogen) atoms. The zero-order chi connectivity index (χ0) is 21.4. The monoisotopic (exact) mass is 417 g/mol. The molecule has 8 heteroatoms. The molecule has 3 fully saturated rings. The van der Waals surface area contributed by atoms with Gasteiger partial charge in [-0.25, -0.2) is 0 Å². The van der Waals surface area contributed by atoms with E-state index in [-0.39, 0.29) is 41.2 Å². The normalized spacial score (nSPS) is 32.6. The Kier molecular flexibility index (Phi) is 3.66. The second-order valence-electron chi connectivity index (χ2n) is 8.87. The minimum Gasteiger partial charge on any atom is -0.455 e. The number of nitrogens with zero attached hydrogens (tertiary/aromatic N) is 3. The summed E-state index contributed by atoms with van der Waals surface area (Å²) in [6, 6.07) is 8.13. The fourth-order valence-electron chi connectivity index (χ4n) is 5.74. The molecular weight excluding hydrogens is 398 g/mol. The summed E-state index contributed by atoms with van der Waals surface area (Å²) in [6.07, 6.45) is 6.67. The van der Waals surface area contributed by atoms with Crippen LogP contribution in [0.5, 0.6) is 0 Å². The minimum absolute atomic E-state index is 0.0478. The molecule has 8 nitrogen and oxygen atoms in total. The van der Waals surface area contributed by atoms with Gasteiger partial charge in [-0.15, -0.1) is 0 Å². The lowest BCUT2D eigenvalue weighted by atomic mass is 9.63. The highest BCUT2D eigenvalue weighted by molar-refractivity contribution is 6.06. The predicted molar refractivity (Wildman–Crippen MR) is 110 cm³/mol. The first-order chi connectivity index (χ1) is 14.9. The summed E-state index contributed by atoms with van der Waals surface area (Å²) in [7, 11) is 0. The van der Waals surface area contributed by atoms with Gasteiger partial charge in [0.1, 0.15) is 11.5 Å². The standard InChI is InChI=1S/C23H19N3O5/c1-11-2-4-15(18(8-11)26(29)30)19-7-3-12(31-19)10-24-25-22(27)20-13-5-6-14(17-9-16(13)17)21(20)23(25)28/h2-8,10,13-14,16-17,20-21H,9H2,1H3/b24-10-/t13-,14-,16-,17-,20-,21+/m0/s1. The lowest BCUT2D eigenvalue weighted by molar-refractivity contribution is -0.384. The van der Waals surface area contributed by atoms with Crippen LogP contribution in [0.1, 0.15) is 17.7 Å². The van der Waals surface area contributed by atoms with Crippen LogP contribution in [0.3, 0.4) is 0 Å². The second kappa shape index (κ2) is 6.23. The van der Waals surface area contributed by atoms with E-state index >= 15 is 0 Å². The number of furan rings is 1. The number of allylic oxidation sites excluding steroid dienone is 2. The zero-order valence-corrected chi connectivity index (χ0v) is 16.7. The molecular formula is C23H19N3O5. The molecule has 1 aromatic carbocycles. The van der Waals surface area contributed by atoms with Gasteiger partial charge in [0.05, 0.1) is 28.5 Å². The van der Waals surface area contributed by atoms with E-state index in [2.05, 4.69) is 17.3 Å². The first-order valence-corrected chi connectivity index (χ1v) is 10.4. The summed E-state index contributed by atoms with van der Waals surface area (Å²) in [5.74, 6) is 0.922.